The van der Waals surface area contributed by atoms with E-state index in [2.05, 4.69) is 10.6 Å². The molecule has 1 aliphatic heterocycles. The summed E-state index contributed by atoms with van der Waals surface area (Å²) in [4.78, 5) is 13.0. The molecule has 6 nitrogen and oxygen atoms in total. The molecule has 4 unspecified atom stereocenters. The van der Waals surface area contributed by atoms with Gasteiger partial charge in [0.2, 0.25) is 5.91 Å². The first kappa shape index (κ1) is 28.7. The van der Waals surface area contributed by atoms with Crippen LogP contribution in [-0.2, 0) is 33.2 Å². The molecule has 1 aromatic rings. The molecule has 12 heteroatoms. The highest BCUT2D eigenvalue weighted by molar-refractivity contribution is 5.79. The van der Waals surface area contributed by atoms with Crippen LogP contribution in [0.3, 0.4) is 0 Å². The Morgan fingerprint density at radius 3 is 2.33 bits per heavy atom. The molecular formula is C24H32F6N2O4. The topological polar surface area (TPSA) is 79.8 Å². The highest BCUT2D eigenvalue weighted by Gasteiger charge is 2.41. The van der Waals surface area contributed by atoms with Crippen molar-refractivity contribution in [1.82, 2.24) is 10.6 Å². The highest BCUT2D eigenvalue weighted by Crippen LogP contribution is 2.38. The van der Waals surface area contributed by atoms with Gasteiger partial charge in [0, 0.05) is 38.3 Å². The van der Waals surface area contributed by atoms with Crippen molar-refractivity contribution in [2.45, 2.75) is 75.8 Å². The number of methoxy groups -OCH3 is 1. The number of halogens is 6. The zero-order valence-electron chi connectivity index (χ0n) is 20.1. The van der Waals surface area contributed by atoms with Crippen LogP contribution in [0, 0.1) is 11.8 Å². The van der Waals surface area contributed by atoms with Crippen LogP contribution >= 0.6 is 0 Å². The zero-order valence-corrected chi connectivity index (χ0v) is 20.1. The van der Waals surface area contributed by atoms with Gasteiger partial charge < -0.3 is 25.2 Å². The summed E-state index contributed by atoms with van der Waals surface area (Å²) in [7, 11) is 1.59. The van der Waals surface area contributed by atoms with Gasteiger partial charge in [0.1, 0.15) is 0 Å². The summed E-state index contributed by atoms with van der Waals surface area (Å²) in [5.74, 6) is -1.22. The smallest absolute Gasteiger partial charge is 0.393 e. The van der Waals surface area contributed by atoms with E-state index in [1.54, 1.807) is 14.0 Å². The SMILES string of the molecule is COC1COCCC1N[C@@H]1CC(CC(C)O)[C@H](C(=O)NCc2cc(C(F)(F)F)cc(C(F)(F)F)c2)C1. The van der Waals surface area contributed by atoms with Crippen LogP contribution in [0.25, 0.3) is 0 Å². The number of aliphatic hydroxyl groups is 1. The molecule has 204 valence electrons. The van der Waals surface area contributed by atoms with Gasteiger partial charge in [-0.3, -0.25) is 4.79 Å². The van der Waals surface area contributed by atoms with Crippen LogP contribution < -0.4 is 10.6 Å². The predicted molar refractivity (Wildman–Crippen MR) is 118 cm³/mol. The Hall–Kier alpha value is -1.89. The molecule has 1 saturated carbocycles. The van der Waals surface area contributed by atoms with Crippen LogP contribution in [-0.4, -0.2) is 55.6 Å². The third-order valence-corrected chi connectivity index (χ3v) is 6.85. The largest absolute Gasteiger partial charge is 0.416 e. The van der Waals surface area contributed by atoms with Gasteiger partial charge in [-0.1, -0.05) is 0 Å². The Labute approximate surface area is 205 Å². The van der Waals surface area contributed by atoms with E-state index in [0.29, 0.717) is 44.6 Å². The fourth-order valence-electron chi connectivity index (χ4n) is 5.16. The lowest BCUT2D eigenvalue weighted by Gasteiger charge is -2.33. The van der Waals surface area contributed by atoms with Crippen molar-refractivity contribution in [3.63, 3.8) is 0 Å². The fraction of sp³-hybridized carbons (Fsp3) is 0.708. The molecule has 0 spiro atoms. The van der Waals surface area contributed by atoms with Crippen LogP contribution in [0.2, 0.25) is 0 Å². The van der Waals surface area contributed by atoms with Crippen LogP contribution in [0.5, 0.6) is 0 Å². The number of nitrogens with one attached hydrogen (secondary N) is 2. The number of rotatable bonds is 8. The number of ether oxygens (including phenoxy) is 2. The molecule has 1 aromatic carbocycles. The van der Waals surface area contributed by atoms with Gasteiger partial charge in [0.15, 0.2) is 0 Å². The first-order valence-electron chi connectivity index (χ1n) is 11.9. The Morgan fingerprint density at radius 2 is 1.78 bits per heavy atom. The third-order valence-electron chi connectivity index (χ3n) is 6.85. The normalized spacial score (nSPS) is 28.2. The lowest BCUT2D eigenvalue weighted by atomic mass is 9.90. The molecule has 2 fully saturated rings. The van der Waals surface area contributed by atoms with Crippen LogP contribution in [0.15, 0.2) is 18.2 Å². The van der Waals surface area contributed by atoms with Crippen molar-refractivity contribution >= 4 is 5.91 Å². The summed E-state index contributed by atoms with van der Waals surface area (Å²) >= 11 is 0. The lowest BCUT2D eigenvalue weighted by Crippen LogP contribution is -2.50. The second kappa shape index (κ2) is 11.7. The summed E-state index contributed by atoms with van der Waals surface area (Å²) in [6.07, 6.45) is -8.65. The first-order valence-corrected chi connectivity index (χ1v) is 11.9. The molecule has 1 aliphatic carbocycles. The molecule has 0 radical (unpaired) electrons. The maximum absolute atomic E-state index is 13.1. The number of carbonyl (C=O) groups is 1. The van der Waals surface area contributed by atoms with Crippen molar-refractivity contribution in [1.29, 1.82) is 0 Å². The molecule has 3 N–H and O–H groups in total. The van der Waals surface area contributed by atoms with Crippen LogP contribution in [0.4, 0.5) is 26.3 Å². The molecule has 1 saturated heterocycles. The highest BCUT2D eigenvalue weighted by atomic mass is 19.4. The van der Waals surface area contributed by atoms with E-state index in [4.69, 9.17) is 9.47 Å². The van der Waals surface area contributed by atoms with Crippen molar-refractivity contribution in [2.24, 2.45) is 11.8 Å². The predicted octanol–water partition coefficient (Wildman–Crippen LogP) is 3.90. The quantitative estimate of drug-likeness (QED) is 0.448. The maximum Gasteiger partial charge on any atom is 0.416 e. The number of hydrogen-bond donors (Lipinski definition) is 3. The molecule has 0 bridgehead atoms. The van der Waals surface area contributed by atoms with Gasteiger partial charge >= 0.3 is 12.4 Å². The maximum atomic E-state index is 13.1. The third kappa shape index (κ3) is 7.56. The Bertz CT molecular complexity index is 860. The van der Waals surface area contributed by atoms with E-state index >= 15 is 0 Å². The molecular weight excluding hydrogens is 494 g/mol. The van der Waals surface area contributed by atoms with E-state index < -0.39 is 48.0 Å². The number of hydrogen-bond acceptors (Lipinski definition) is 5. The molecule has 6 atom stereocenters. The van der Waals surface area contributed by atoms with Crippen molar-refractivity contribution in [2.75, 3.05) is 20.3 Å². The minimum Gasteiger partial charge on any atom is -0.393 e. The van der Waals surface area contributed by atoms with Gasteiger partial charge in [-0.15, -0.1) is 0 Å². The van der Waals surface area contributed by atoms with Crippen molar-refractivity contribution in [3.05, 3.63) is 34.9 Å². The van der Waals surface area contributed by atoms with Gasteiger partial charge in [0.05, 0.1) is 29.9 Å². The minimum atomic E-state index is -4.96. The number of carbonyl (C=O) groups excluding carboxylic acids is 1. The molecule has 0 aromatic heterocycles. The van der Waals surface area contributed by atoms with Crippen molar-refractivity contribution in [3.8, 4) is 0 Å². The zero-order chi connectivity index (χ0) is 26.7. The van der Waals surface area contributed by atoms with Crippen molar-refractivity contribution < 1.29 is 45.7 Å². The Balaban J connectivity index is 1.70. The standard InChI is InChI=1S/C24H32F6N2O4/c1-13(33)5-15-8-18(32-20-3-4-36-12-21(20)35-2)10-19(15)22(34)31-11-14-6-16(23(25,26)27)9-17(7-14)24(28,29)30/h6-7,9,13,15,18-21,32-33H,3-5,8,10-12H2,1-2H3,(H,31,34)/t13?,15?,18-,19-,20?,21?/m1/s1. The van der Waals surface area contributed by atoms with E-state index in [1.165, 1.54) is 0 Å². The number of alkyl halides is 6. The monoisotopic (exact) mass is 526 g/mol. The molecule has 1 amide bonds. The minimum absolute atomic E-state index is 0.0219. The van der Waals surface area contributed by atoms with Gasteiger partial charge in [-0.2, -0.15) is 26.3 Å². The average molecular weight is 527 g/mol. The van der Waals surface area contributed by atoms with Gasteiger partial charge in [-0.25, -0.2) is 0 Å². The van der Waals surface area contributed by atoms with Gasteiger partial charge in [0.25, 0.3) is 0 Å². The van der Waals surface area contributed by atoms with E-state index in [-0.39, 0.29) is 35.7 Å². The summed E-state index contributed by atoms with van der Waals surface area (Å²) in [6, 6.07) is 1.24. The van der Waals surface area contributed by atoms with Crippen LogP contribution in [0.1, 0.15) is 49.3 Å². The average Bonchev–Trinajstić information content (AvgIpc) is 3.17. The first-order chi connectivity index (χ1) is 16.8. The fourth-order valence-corrected chi connectivity index (χ4v) is 5.16. The molecule has 2 aliphatic rings. The number of aliphatic hydroxyl groups excluding tert-OH is 1. The molecule has 1 heterocycles. The summed E-state index contributed by atoms with van der Waals surface area (Å²) < 4.78 is 89.7. The Kier molecular flexibility index (Phi) is 9.29. The molecule has 3 rings (SSSR count). The summed E-state index contributed by atoms with van der Waals surface area (Å²) in [6.45, 7) is 2.14. The van der Waals surface area contributed by atoms with Gasteiger partial charge in [-0.05, 0) is 62.3 Å². The summed E-state index contributed by atoms with van der Waals surface area (Å²) in [5, 5.41) is 15.9. The van der Waals surface area contributed by atoms with E-state index in [9.17, 15) is 36.2 Å². The lowest BCUT2D eigenvalue weighted by molar-refractivity contribution is -0.143. The second-order valence-corrected chi connectivity index (χ2v) is 9.66. The number of amides is 1. The summed E-state index contributed by atoms with van der Waals surface area (Å²) in [5.41, 5.74) is -3.15. The Morgan fingerprint density at radius 1 is 1.14 bits per heavy atom. The second-order valence-electron chi connectivity index (χ2n) is 9.66. The van der Waals surface area contributed by atoms with E-state index in [0.717, 1.165) is 6.42 Å². The van der Waals surface area contributed by atoms with E-state index in [1.807, 2.05) is 0 Å². The molecule has 36 heavy (non-hydrogen) atoms. The number of benzene rings is 1.